The number of nitrogens with two attached hydrogens (primary N) is 1. The fourth-order valence-electron chi connectivity index (χ4n) is 1.66. The van der Waals surface area contributed by atoms with E-state index in [1.54, 1.807) is 12.1 Å². The lowest BCUT2D eigenvalue weighted by Gasteiger charge is -2.06. The van der Waals surface area contributed by atoms with E-state index in [4.69, 9.17) is 10.4 Å². The molecule has 8 heteroatoms. The first-order valence-electron chi connectivity index (χ1n) is 6.07. The molecule has 0 atom stereocenters. The van der Waals surface area contributed by atoms with Crippen LogP contribution in [0.25, 0.3) is 0 Å². The predicted octanol–water partition coefficient (Wildman–Crippen LogP) is 0.650. The minimum absolute atomic E-state index is 0.0946. The third kappa shape index (κ3) is 4.24. The van der Waals surface area contributed by atoms with Gasteiger partial charge in [-0.2, -0.15) is 5.26 Å². The van der Waals surface area contributed by atoms with E-state index in [9.17, 15) is 8.42 Å². The van der Waals surface area contributed by atoms with Gasteiger partial charge in [0.2, 0.25) is 10.0 Å². The summed E-state index contributed by atoms with van der Waals surface area (Å²) < 4.78 is 22.2. The van der Waals surface area contributed by atoms with E-state index in [0.29, 0.717) is 18.8 Å². The summed E-state index contributed by atoms with van der Waals surface area (Å²) in [5.74, 6) is 0.579. The van der Waals surface area contributed by atoms with Gasteiger partial charge in [0.15, 0.2) is 5.69 Å². The summed E-state index contributed by atoms with van der Waals surface area (Å²) in [6, 6.07) is 8.28. The topological polar surface area (TPSA) is 122 Å². The van der Waals surface area contributed by atoms with Crippen molar-refractivity contribution in [2.45, 2.75) is 11.3 Å². The molecule has 108 valence electrons. The molecule has 1 aromatic heterocycles. The molecule has 0 aliphatic heterocycles. The van der Waals surface area contributed by atoms with Gasteiger partial charge in [-0.05, 0) is 24.1 Å². The largest absolute Gasteiger partial charge is 0.368 e. The van der Waals surface area contributed by atoms with Gasteiger partial charge in [0, 0.05) is 6.54 Å². The first-order valence-corrected chi connectivity index (χ1v) is 7.61. The molecule has 0 aliphatic rings. The van der Waals surface area contributed by atoms with Gasteiger partial charge in [-0.3, -0.25) is 0 Å². The van der Waals surface area contributed by atoms with Crippen LogP contribution in [0.1, 0.15) is 11.3 Å². The molecular formula is C13H13N5O2S. The average Bonchev–Trinajstić information content (AvgIpc) is 2.47. The number of hydrogen-bond acceptors (Lipinski definition) is 6. The highest BCUT2D eigenvalue weighted by Crippen LogP contribution is 2.09. The number of benzene rings is 1. The van der Waals surface area contributed by atoms with Gasteiger partial charge in [-0.15, -0.1) is 0 Å². The Kier molecular flexibility index (Phi) is 4.47. The minimum atomic E-state index is -3.65. The second-order valence-corrected chi connectivity index (χ2v) is 5.83. The van der Waals surface area contributed by atoms with E-state index >= 15 is 0 Å². The summed E-state index contributed by atoms with van der Waals surface area (Å²) in [6.45, 7) is 0.606. The molecule has 0 unspecified atom stereocenters. The first kappa shape index (κ1) is 14.9. The Balaban J connectivity index is 1.90. The zero-order chi connectivity index (χ0) is 15.3. The van der Waals surface area contributed by atoms with Crippen molar-refractivity contribution < 1.29 is 8.42 Å². The maximum absolute atomic E-state index is 11.1. The van der Waals surface area contributed by atoms with Crippen molar-refractivity contribution in [2.75, 3.05) is 11.9 Å². The van der Waals surface area contributed by atoms with Gasteiger partial charge < -0.3 is 5.32 Å². The number of anilines is 1. The smallest absolute Gasteiger partial charge is 0.238 e. The predicted molar refractivity (Wildman–Crippen MR) is 76.8 cm³/mol. The highest BCUT2D eigenvalue weighted by Gasteiger charge is 2.06. The SMILES string of the molecule is N#Cc1cnc(NCCc2ccc(S(N)(=O)=O)cc2)cn1. The highest BCUT2D eigenvalue weighted by molar-refractivity contribution is 7.89. The second-order valence-electron chi connectivity index (χ2n) is 4.26. The Morgan fingerprint density at radius 1 is 1.19 bits per heavy atom. The number of aromatic nitrogens is 2. The van der Waals surface area contributed by atoms with Gasteiger partial charge in [0.25, 0.3) is 0 Å². The molecule has 0 aliphatic carbocycles. The summed E-state index contributed by atoms with van der Waals surface area (Å²) in [5, 5.41) is 16.7. The van der Waals surface area contributed by atoms with Gasteiger partial charge >= 0.3 is 0 Å². The Bertz CT molecular complexity index is 749. The molecule has 1 heterocycles. The van der Waals surface area contributed by atoms with E-state index in [0.717, 1.165) is 5.56 Å². The summed E-state index contributed by atoms with van der Waals surface area (Å²) in [7, 11) is -3.65. The quantitative estimate of drug-likeness (QED) is 0.836. The van der Waals surface area contributed by atoms with Crippen LogP contribution in [0.3, 0.4) is 0 Å². The number of rotatable bonds is 5. The molecule has 1 aromatic carbocycles. The summed E-state index contributed by atoms with van der Waals surface area (Å²) >= 11 is 0. The van der Waals surface area contributed by atoms with Gasteiger partial charge in [-0.1, -0.05) is 12.1 Å². The molecule has 2 aromatic rings. The van der Waals surface area contributed by atoms with E-state index < -0.39 is 10.0 Å². The van der Waals surface area contributed by atoms with Crippen LogP contribution in [0.15, 0.2) is 41.6 Å². The zero-order valence-corrected chi connectivity index (χ0v) is 11.8. The van der Waals surface area contributed by atoms with Crippen LogP contribution in [0.5, 0.6) is 0 Å². The number of nitrogens with one attached hydrogen (secondary N) is 1. The van der Waals surface area contributed by atoms with E-state index in [1.807, 2.05) is 6.07 Å². The van der Waals surface area contributed by atoms with Crippen LogP contribution in [-0.2, 0) is 16.4 Å². The standard InChI is InChI=1S/C13H13N5O2S/c14-7-11-8-18-13(9-17-11)16-6-5-10-1-3-12(4-2-10)21(15,19)20/h1-4,8-9H,5-6H2,(H,16,18)(H2,15,19,20). The van der Waals surface area contributed by atoms with Gasteiger partial charge in [-0.25, -0.2) is 23.5 Å². The molecule has 0 saturated heterocycles. The molecular weight excluding hydrogens is 290 g/mol. The van der Waals surface area contributed by atoms with Crippen LogP contribution in [0.4, 0.5) is 5.82 Å². The van der Waals surface area contributed by atoms with Crippen molar-refractivity contribution in [3.8, 4) is 6.07 Å². The summed E-state index contributed by atoms with van der Waals surface area (Å²) in [6.07, 6.45) is 3.57. The molecule has 0 spiro atoms. The molecule has 0 saturated carbocycles. The minimum Gasteiger partial charge on any atom is -0.368 e. The zero-order valence-electron chi connectivity index (χ0n) is 11.0. The molecule has 3 N–H and O–H groups in total. The number of primary sulfonamides is 1. The van der Waals surface area contributed by atoms with E-state index in [1.165, 1.54) is 24.5 Å². The molecule has 0 bridgehead atoms. The van der Waals surface area contributed by atoms with Crippen LogP contribution in [0.2, 0.25) is 0 Å². The van der Waals surface area contributed by atoms with Gasteiger partial charge in [0.05, 0.1) is 17.3 Å². The van der Waals surface area contributed by atoms with Crippen molar-refractivity contribution in [3.05, 3.63) is 47.9 Å². The maximum Gasteiger partial charge on any atom is 0.238 e. The van der Waals surface area contributed by atoms with Crippen molar-refractivity contribution in [1.29, 1.82) is 5.26 Å². The molecule has 7 nitrogen and oxygen atoms in total. The van der Waals surface area contributed by atoms with E-state index in [2.05, 4.69) is 15.3 Å². The number of nitrogens with zero attached hydrogens (tertiary/aromatic N) is 3. The Morgan fingerprint density at radius 3 is 2.43 bits per heavy atom. The highest BCUT2D eigenvalue weighted by atomic mass is 32.2. The lowest BCUT2D eigenvalue weighted by molar-refractivity contribution is 0.598. The fraction of sp³-hybridized carbons (Fsp3) is 0.154. The summed E-state index contributed by atoms with van der Waals surface area (Å²) in [4.78, 5) is 8.02. The second kappa shape index (κ2) is 6.30. The number of hydrogen-bond donors (Lipinski definition) is 2. The van der Waals surface area contributed by atoms with Crippen molar-refractivity contribution in [1.82, 2.24) is 9.97 Å². The van der Waals surface area contributed by atoms with Crippen LogP contribution >= 0.6 is 0 Å². The van der Waals surface area contributed by atoms with Crippen LogP contribution in [-0.4, -0.2) is 24.9 Å². The molecule has 0 amide bonds. The third-order valence-corrected chi connectivity index (χ3v) is 3.67. The van der Waals surface area contributed by atoms with E-state index in [-0.39, 0.29) is 10.6 Å². The molecule has 0 radical (unpaired) electrons. The molecule has 0 fully saturated rings. The Labute approximate surface area is 122 Å². The van der Waals surface area contributed by atoms with Crippen molar-refractivity contribution in [3.63, 3.8) is 0 Å². The number of nitriles is 1. The van der Waals surface area contributed by atoms with Crippen molar-refractivity contribution >= 4 is 15.8 Å². The monoisotopic (exact) mass is 303 g/mol. The summed E-state index contributed by atoms with van der Waals surface area (Å²) in [5.41, 5.74) is 1.23. The maximum atomic E-state index is 11.1. The normalized spacial score (nSPS) is 10.9. The lowest BCUT2D eigenvalue weighted by atomic mass is 10.1. The fourth-order valence-corrected chi connectivity index (χ4v) is 2.17. The van der Waals surface area contributed by atoms with Crippen LogP contribution in [0, 0.1) is 11.3 Å². The average molecular weight is 303 g/mol. The number of sulfonamides is 1. The van der Waals surface area contributed by atoms with Crippen LogP contribution < -0.4 is 10.5 Å². The lowest BCUT2D eigenvalue weighted by Crippen LogP contribution is -2.12. The molecule has 2 rings (SSSR count). The molecule has 21 heavy (non-hydrogen) atoms. The van der Waals surface area contributed by atoms with Crippen molar-refractivity contribution in [2.24, 2.45) is 5.14 Å². The Morgan fingerprint density at radius 2 is 1.90 bits per heavy atom. The van der Waals surface area contributed by atoms with Gasteiger partial charge in [0.1, 0.15) is 11.9 Å². The third-order valence-electron chi connectivity index (χ3n) is 2.74. The Hall–Kier alpha value is -2.50. The first-order chi connectivity index (χ1) is 9.99.